The maximum atomic E-state index is 14.2. The second kappa shape index (κ2) is 8.34. The van der Waals surface area contributed by atoms with Crippen LogP contribution in [0.2, 0.25) is 0 Å². The summed E-state index contributed by atoms with van der Waals surface area (Å²) in [5.74, 6) is 0.974. The van der Waals surface area contributed by atoms with Gasteiger partial charge >= 0.3 is 0 Å². The van der Waals surface area contributed by atoms with Crippen molar-refractivity contribution in [2.75, 3.05) is 0 Å². The predicted molar refractivity (Wildman–Crippen MR) is 119 cm³/mol. The number of halogens is 1. The van der Waals surface area contributed by atoms with Crippen LogP contribution in [-0.2, 0) is 12.0 Å². The van der Waals surface area contributed by atoms with Crippen LogP contribution in [0.5, 0.6) is 5.75 Å². The number of rotatable bonds is 6. The van der Waals surface area contributed by atoms with Crippen molar-refractivity contribution in [2.24, 2.45) is 0 Å². The molecule has 31 heavy (non-hydrogen) atoms. The lowest BCUT2D eigenvalue weighted by atomic mass is 9.78. The maximum Gasteiger partial charge on any atom is 0.260 e. The Morgan fingerprint density at radius 2 is 1.55 bits per heavy atom. The summed E-state index contributed by atoms with van der Waals surface area (Å²) in [5.41, 5.74) is 4.71. The van der Waals surface area contributed by atoms with Crippen molar-refractivity contribution in [2.45, 2.75) is 39.7 Å². The minimum absolute atomic E-state index is 0.111. The van der Waals surface area contributed by atoms with Gasteiger partial charge in [-0.25, -0.2) is 4.39 Å². The van der Waals surface area contributed by atoms with Crippen molar-refractivity contribution in [1.82, 2.24) is 10.1 Å². The summed E-state index contributed by atoms with van der Waals surface area (Å²) in [6.45, 7) is 8.53. The highest BCUT2D eigenvalue weighted by Crippen LogP contribution is 2.32. The molecule has 158 valence electrons. The van der Waals surface area contributed by atoms with Gasteiger partial charge in [-0.3, -0.25) is 0 Å². The first kappa shape index (κ1) is 20.8. The number of nitrogens with zero attached hydrogens (tertiary/aromatic N) is 2. The molecule has 3 aromatic carbocycles. The molecule has 5 heteroatoms. The van der Waals surface area contributed by atoms with Crippen molar-refractivity contribution in [3.63, 3.8) is 0 Å². The molecule has 0 radical (unpaired) electrons. The van der Waals surface area contributed by atoms with E-state index in [1.807, 2.05) is 12.1 Å². The average Bonchev–Trinajstić information content (AvgIpc) is 3.20. The third kappa shape index (κ3) is 4.50. The van der Waals surface area contributed by atoms with Gasteiger partial charge in [0.2, 0.25) is 0 Å². The van der Waals surface area contributed by atoms with Gasteiger partial charge in [-0.15, -0.1) is 0 Å². The van der Waals surface area contributed by atoms with Crippen LogP contribution >= 0.6 is 0 Å². The number of hydrogen-bond acceptors (Lipinski definition) is 4. The van der Waals surface area contributed by atoms with Gasteiger partial charge in [0.15, 0.2) is 5.82 Å². The Labute approximate surface area is 181 Å². The number of aryl methyl sites for hydroxylation is 2. The second-order valence-corrected chi connectivity index (χ2v) is 8.27. The Hall–Kier alpha value is -3.47. The quantitative estimate of drug-likeness (QED) is 0.365. The Bertz CT molecular complexity index is 1180. The third-order valence-electron chi connectivity index (χ3n) is 5.54. The lowest BCUT2D eigenvalue weighted by molar-refractivity contribution is 0.306. The third-order valence-corrected chi connectivity index (χ3v) is 5.54. The molecular weight excluding hydrogens is 391 g/mol. The van der Waals surface area contributed by atoms with E-state index >= 15 is 0 Å². The number of ether oxygens (including phenoxy) is 1. The van der Waals surface area contributed by atoms with Crippen molar-refractivity contribution in [1.29, 1.82) is 0 Å². The van der Waals surface area contributed by atoms with E-state index in [-0.39, 0.29) is 16.9 Å². The highest BCUT2D eigenvalue weighted by molar-refractivity contribution is 5.55. The smallest absolute Gasteiger partial charge is 0.260 e. The van der Waals surface area contributed by atoms with E-state index in [1.165, 1.54) is 22.8 Å². The minimum atomic E-state index is -0.407. The SMILES string of the molecule is Cc1ccc(C(C)(C)c2ccc(OCc3ccc(F)c(-c4nc(C)no4)c3)cc2)cc1. The van der Waals surface area contributed by atoms with Gasteiger partial charge in [0.1, 0.15) is 18.2 Å². The van der Waals surface area contributed by atoms with E-state index in [0.29, 0.717) is 12.4 Å². The van der Waals surface area contributed by atoms with Crippen LogP contribution in [0.3, 0.4) is 0 Å². The van der Waals surface area contributed by atoms with Gasteiger partial charge in [0, 0.05) is 5.41 Å². The van der Waals surface area contributed by atoms with Gasteiger partial charge in [-0.05, 0) is 54.8 Å². The summed E-state index contributed by atoms with van der Waals surface area (Å²) in [5, 5.41) is 3.73. The fourth-order valence-electron chi connectivity index (χ4n) is 3.50. The summed E-state index contributed by atoms with van der Waals surface area (Å²) in [6, 6.07) is 21.5. The standard InChI is InChI=1S/C26H25FN2O2/c1-17-5-8-20(9-6-17)26(3,4)21-10-12-22(13-11-21)30-16-19-7-14-24(27)23(15-19)25-28-18(2)29-31-25/h5-15H,16H2,1-4H3. The van der Waals surface area contributed by atoms with E-state index in [2.05, 4.69) is 67.3 Å². The Morgan fingerprint density at radius 3 is 2.16 bits per heavy atom. The summed E-state index contributed by atoms with van der Waals surface area (Å²) >= 11 is 0. The fraction of sp³-hybridized carbons (Fsp3) is 0.231. The lowest BCUT2D eigenvalue weighted by Gasteiger charge is -2.26. The zero-order valence-electron chi connectivity index (χ0n) is 18.1. The van der Waals surface area contributed by atoms with Crippen molar-refractivity contribution in [3.05, 3.63) is 101 Å². The van der Waals surface area contributed by atoms with Crippen LogP contribution < -0.4 is 4.74 Å². The first-order chi connectivity index (χ1) is 14.8. The Morgan fingerprint density at radius 1 is 0.903 bits per heavy atom. The molecule has 4 nitrogen and oxygen atoms in total. The molecule has 0 spiro atoms. The van der Waals surface area contributed by atoms with E-state index in [0.717, 1.165) is 11.3 Å². The molecule has 0 saturated carbocycles. The molecule has 0 unspecified atom stereocenters. The molecule has 0 aliphatic rings. The van der Waals surface area contributed by atoms with E-state index in [4.69, 9.17) is 9.26 Å². The van der Waals surface area contributed by atoms with Gasteiger partial charge in [-0.1, -0.05) is 67.0 Å². The number of aromatic nitrogens is 2. The molecular formula is C26H25FN2O2. The zero-order valence-corrected chi connectivity index (χ0v) is 18.1. The van der Waals surface area contributed by atoms with Gasteiger partial charge in [0.05, 0.1) is 5.56 Å². The Balaban J connectivity index is 1.47. The van der Waals surface area contributed by atoms with Crippen LogP contribution in [0.15, 0.2) is 71.3 Å². The summed E-state index contributed by atoms with van der Waals surface area (Å²) < 4.78 is 25.2. The molecule has 1 heterocycles. The van der Waals surface area contributed by atoms with E-state index in [1.54, 1.807) is 19.1 Å². The molecule has 0 N–H and O–H groups in total. The topological polar surface area (TPSA) is 48.2 Å². The molecule has 0 fully saturated rings. The molecule has 0 aliphatic heterocycles. The molecule has 0 amide bonds. The van der Waals surface area contributed by atoms with Crippen molar-refractivity contribution in [3.8, 4) is 17.2 Å². The lowest BCUT2D eigenvalue weighted by Crippen LogP contribution is -2.18. The van der Waals surface area contributed by atoms with Crippen LogP contribution in [-0.4, -0.2) is 10.1 Å². The Kier molecular flexibility index (Phi) is 5.59. The van der Waals surface area contributed by atoms with Crippen molar-refractivity contribution >= 4 is 0 Å². The van der Waals surface area contributed by atoms with Gasteiger partial charge in [0.25, 0.3) is 5.89 Å². The highest BCUT2D eigenvalue weighted by atomic mass is 19.1. The number of hydrogen-bond donors (Lipinski definition) is 0. The van der Waals surface area contributed by atoms with Crippen LogP contribution in [0.1, 0.15) is 41.9 Å². The molecule has 0 saturated heterocycles. The zero-order chi connectivity index (χ0) is 22.0. The molecule has 0 aliphatic carbocycles. The summed E-state index contributed by atoms with van der Waals surface area (Å²) in [4.78, 5) is 4.10. The molecule has 0 bridgehead atoms. The van der Waals surface area contributed by atoms with Gasteiger partial charge < -0.3 is 9.26 Å². The first-order valence-corrected chi connectivity index (χ1v) is 10.2. The van der Waals surface area contributed by atoms with E-state index in [9.17, 15) is 4.39 Å². The molecule has 1 aromatic heterocycles. The first-order valence-electron chi connectivity index (χ1n) is 10.2. The largest absolute Gasteiger partial charge is 0.489 e. The van der Waals surface area contributed by atoms with Crippen molar-refractivity contribution < 1.29 is 13.7 Å². The molecule has 4 aromatic rings. The fourth-order valence-corrected chi connectivity index (χ4v) is 3.50. The van der Waals surface area contributed by atoms with Crippen LogP contribution in [0.4, 0.5) is 4.39 Å². The highest BCUT2D eigenvalue weighted by Gasteiger charge is 2.23. The molecule has 4 rings (SSSR count). The monoisotopic (exact) mass is 416 g/mol. The predicted octanol–water partition coefficient (Wildman–Crippen LogP) is 6.40. The summed E-state index contributed by atoms with van der Waals surface area (Å²) in [7, 11) is 0. The average molecular weight is 416 g/mol. The normalized spacial score (nSPS) is 11.5. The molecule has 0 atom stereocenters. The summed E-state index contributed by atoms with van der Waals surface area (Å²) in [6.07, 6.45) is 0. The van der Waals surface area contributed by atoms with Gasteiger partial charge in [-0.2, -0.15) is 4.98 Å². The minimum Gasteiger partial charge on any atom is -0.489 e. The maximum absolute atomic E-state index is 14.2. The van der Waals surface area contributed by atoms with Crippen LogP contribution in [0, 0.1) is 19.7 Å². The second-order valence-electron chi connectivity index (χ2n) is 8.27. The van der Waals surface area contributed by atoms with E-state index < -0.39 is 5.82 Å². The van der Waals surface area contributed by atoms with Crippen LogP contribution in [0.25, 0.3) is 11.5 Å². The number of benzene rings is 3.